The zero-order valence-electron chi connectivity index (χ0n) is 19.1. The topological polar surface area (TPSA) is 152 Å². The normalized spacial score (nSPS) is 18.8. The lowest BCUT2D eigenvalue weighted by molar-refractivity contribution is -0.148. The van der Waals surface area contributed by atoms with Crippen molar-refractivity contribution in [3.8, 4) is 0 Å². The average Bonchev–Trinajstić information content (AvgIpc) is 3.41. The molecule has 0 radical (unpaired) electrons. The Hall–Kier alpha value is -3.52. The highest BCUT2D eigenvalue weighted by atomic mass is 32.1. The number of halogens is 3. The summed E-state index contributed by atoms with van der Waals surface area (Å²) < 4.78 is 40.0. The average molecular weight is 525 g/mol. The van der Waals surface area contributed by atoms with Crippen molar-refractivity contribution in [1.82, 2.24) is 20.3 Å². The van der Waals surface area contributed by atoms with Gasteiger partial charge in [-0.15, -0.1) is 11.3 Å². The third-order valence-corrected chi connectivity index (χ3v) is 7.26. The first-order chi connectivity index (χ1) is 16.9. The molecule has 0 saturated carbocycles. The number of hydrogen-bond acceptors (Lipinski definition) is 7. The van der Waals surface area contributed by atoms with Crippen LogP contribution < -0.4 is 16.8 Å². The molecule has 0 aliphatic carbocycles. The highest BCUT2D eigenvalue weighted by Gasteiger charge is 2.40. The molecule has 10 nitrogen and oxygen atoms in total. The van der Waals surface area contributed by atoms with Gasteiger partial charge < -0.3 is 16.8 Å². The first kappa shape index (κ1) is 25.6. The molecule has 0 unspecified atom stereocenters. The summed E-state index contributed by atoms with van der Waals surface area (Å²) in [6.45, 7) is 2.52. The van der Waals surface area contributed by atoms with Crippen LogP contribution in [0.4, 0.5) is 13.2 Å². The summed E-state index contributed by atoms with van der Waals surface area (Å²) in [5.41, 5.74) is 10.4. The smallest absolute Gasteiger partial charge is 0.365 e. The van der Waals surface area contributed by atoms with E-state index in [4.69, 9.17) is 11.5 Å². The monoisotopic (exact) mass is 524 g/mol. The minimum atomic E-state index is -4.56. The molecule has 0 spiro atoms. The number of hydrogen-bond donors (Lipinski definition) is 3. The number of carbonyl (C=O) groups excluding carboxylic acids is 4. The predicted octanol–water partition coefficient (Wildman–Crippen LogP) is 1.36. The van der Waals surface area contributed by atoms with Gasteiger partial charge in [0.2, 0.25) is 5.91 Å². The van der Waals surface area contributed by atoms with Crippen LogP contribution in [0, 0.1) is 5.92 Å². The van der Waals surface area contributed by atoms with E-state index in [9.17, 15) is 32.3 Å². The van der Waals surface area contributed by atoms with Gasteiger partial charge in [-0.1, -0.05) is 13.0 Å². The quantitative estimate of drug-likeness (QED) is 0.519. The van der Waals surface area contributed by atoms with Crippen LogP contribution in [0.1, 0.15) is 61.2 Å². The van der Waals surface area contributed by atoms with Crippen LogP contribution in [0.5, 0.6) is 0 Å². The van der Waals surface area contributed by atoms with Crippen molar-refractivity contribution in [2.45, 2.75) is 38.5 Å². The molecule has 14 heteroatoms. The van der Waals surface area contributed by atoms with Crippen molar-refractivity contribution in [1.29, 1.82) is 0 Å². The second-order valence-corrected chi connectivity index (χ2v) is 9.68. The van der Waals surface area contributed by atoms with Crippen LogP contribution in [0.3, 0.4) is 0 Å². The number of carbonyl (C=O) groups is 4. The van der Waals surface area contributed by atoms with E-state index in [2.05, 4.69) is 10.3 Å². The fourth-order valence-corrected chi connectivity index (χ4v) is 5.15. The summed E-state index contributed by atoms with van der Waals surface area (Å²) in [6.07, 6.45) is -3.98. The molecule has 1 saturated heterocycles. The number of alkyl halides is 3. The van der Waals surface area contributed by atoms with Gasteiger partial charge in [0.15, 0.2) is 5.01 Å². The van der Waals surface area contributed by atoms with Gasteiger partial charge in [-0.2, -0.15) is 13.2 Å². The minimum absolute atomic E-state index is 0.00766. The van der Waals surface area contributed by atoms with E-state index in [1.165, 1.54) is 18.0 Å². The Morgan fingerprint density at radius 3 is 2.58 bits per heavy atom. The molecule has 2 aliphatic heterocycles. The third kappa shape index (κ3) is 4.91. The van der Waals surface area contributed by atoms with Crippen molar-refractivity contribution < 1.29 is 32.3 Å². The van der Waals surface area contributed by atoms with Gasteiger partial charge in [0.1, 0.15) is 10.9 Å². The molecule has 4 amide bonds. The van der Waals surface area contributed by atoms with E-state index >= 15 is 0 Å². The van der Waals surface area contributed by atoms with E-state index in [1.54, 1.807) is 5.01 Å². The maximum absolute atomic E-state index is 13.3. The van der Waals surface area contributed by atoms with Crippen molar-refractivity contribution in [2.75, 3.05) is 13.1 Å². The van der Waals surface area contributed by atoms with Crippen LogP contribution in [-0.2, 0) is 28.7 Å². The molecule has 36 heavy (non-hydrogen) atoms. The van der Waals surface area contributed by atoms with Crippen LogP contribution in [0.2, 0.25) is 0 Å². The number of hydrazine groups is 1. The molecule has 1 aromatic carbocycles. The van der Waals surface area contributed by atoms with Gasteiger partial charge >= 0.3 is 6.18 Å². The van der Waals surface area contributed by atoms with Gasteiger partial charge in [-0.05, 0) is 29.7 Å². The minimum Gasteiger partial charge on any atom is -0.365 e. The molecule has 1 aromatic heterocycles. The van der Waals surface area contributed by atoms with Crippen molar-refractivity contribution >= 4 is 35.0 Å². The number of amides is 4. The molecular formula is C22H23F3N6O4S. The maximum Gasteiger partial charge on any atom is 0.416 e. The number of thiazole rings is 1. The predicted molar refractivity (Wildman–Crippen MR) is 121 cm³/mol. The molecule has 1 fully saturated rings. The number of nitrogens with zero attached hydrogens (tertiary/aromatic N) is 3. The summed E-state index contributed by atoms with van der Waals surface area (Å²) in [5.74, 6) is -3.54. The Morgan fingerprint density at radius 2 is 1.94 bits per heavy atom. The highest BCUT2D eigenvalue weighted by Crippen LogP contribution is 2.35. The fourth-order valence-electron chi connectivity index (χ4n) is 4.35. The molecule has 5 N–H and O–H groups in total. The Balaban J connectivity index is 1.61. The van der Waals surface area contributed by atoms with Gasteiger partial charge in [0, 0.05) is 32.0 Å². The van der Waals surface area contributed by atoms with Crippen LogP contribution in [0.15, 0.2) is 18.2 Å². The number of nitrogens with two attached hydrogens (primary N) is 2. The van der Waals surface area contributed by atoms with Gasteiger partial charge in [0.05, 0.1) is 11.3 Å². The Bertz CT molecular complexity index is 1250. The van der Waals surface area contributed by atoms with Gasteiger partial charge in [-0.25, -0.2) is 9.99 Å². The van der Waals surface area contributed by atoms with Crippen molar-refractivity contribution in [2.24, 2.45) is 17.4 Å². The van der Waals surface area contributed by atoms with Crippen molar-refractivity contribution in [3.05, 3.63) is 50.5 Å². The zero-order chi connectivity index (χ0) is 26.4. The second-order valence-electron chi connectivity index (χ2n) is 8.68. The fraction of sp³-hybridized carbons (Fsp3) is 0.409. The van der Waals surface area contributed by atoms with Crippen LogP contribution in [-0.4, -0.2) is 51.7 Å². The summed E-state index contributed by atoms with van der Waals surface area (Å²) in [6, 6.07) is 1.92. The summed E-state index contributed by atoms with van der Waals surface area (Å²) in [7, 11) is 0. The first-order valence-electron chi connectivity index (χ1n) is 11.0. The molecule has 2 aromatic rings. The number of primary amides is 2. The van der Waals surface area contributed by atoms with Crippen LogP contribution in [0.25, 0.3) is 0 Å². The lowest BCUT2D eigenvalue weighted by Crippen LogP contribution is -2.46. The van der Waals surface area contributed by atoms with E-state index in [1.807, 2.05) is 0 Å². The molecule has 3 heterocycles. The van der Waals surface area contributed by atoms with Crippen molar-refractivity contribution in [3.63, 3.8) is 0 Å². The molecule has 192 valence electrons. The number of nitrogens with one attached hydrogen (secondary N) is 1. The maximum atomic E-state index is 13.3. The third-order valence-electron chi connectivity index (χ3n) is 6.13. The Labute approximate surface area is 207 Å². The van der Waals surface area contributed by atoms with Crippen LogP contribution >= 0.6 is 11.3 Å². The Kier molecular flexibility index (Phi) is 6.75. The number of rotatable bonds is 6. The molecule has 2 aliphatic rings. The van der Waals surface area contributed by atoms with E-state index in [0.717, 1.165) is 23.5 Å². The summed E-state index contributed by atoms with van der Waals surface area (Å²) in [5, 5.41) is 5.66. The molecular weight excluding hydrogens is 501 g/mol. The van der Waals surface area contributed by atoms with E-state index < -0.39 is 47.3 Å². The highest BCUT2D eigenvalue weighted by molar-refractivity contribution is 7.15. The number of benzene rings is 1. The molecule has 0 bridgehead atoms. The standard InChI is InChI=1S/C22H23F3N6O4S/c1-10(7-14-16(17(26)32)36-20(28-14)18(27)33)19(34)29-15-13-4-3-12(22(23,24)25)8-11(13)9-30-5-2-6-31(30)21(15)35/h3-4,8,10,15H,2,5-7,9H2,1H3,(H2,26,32)(H2,27,33)(H,29,34)/t10-,15+/m1/s1. The molecule has 4 rings (SSSR count). The lowest BCUT2D eigenvalue weighted by atomic mass is 9.96. The van der Waals surface area contributed by atoms with E-state index in [0.29, 0.717) is 25.1 Å². The number of fused-ring (bicyclic) bond motifs is 2. The zero-order valence-corrected chi connectivity index (χ0v) is 19.9. The summed E-state index contributed by atoms with van der Waals surface area (Å²) >= 11 is 0.723. The van der Waals surface area contributed by atoms with E-state index in [-0.39, 0.29) is 34.1 Å². The SMILES string of the molecule is C[C@H](Cc1nc(C(N)=O)sc1C(N)=O)C(=O)N[C@@H]1C(=O)N2CCCN2Cc2cc(C(F)(F)F)ccc21. The second kappa shape index (κ2) is 9.50. The largest absolute Gasteiger partial charge is 0.416 e. The summed E-state index contributed by atoms with van der Waals surface area (Å²) in [4.78, 5) is 53.7. The Morgan fingerprint density at radius 1 is 1.22 bits per heavy atom. The number of aromatic nitrogens is 1. The molecule has 2 atom stereocenters. The van der Waals surface area contributed by atoms with Gasteiger partial charge in [-0.3, -0.25) is 24.2 Å². The van der Waals surface area contributed by atoms with Gasteiger partial charge in [0.25, 0.3) is 17.7 Å². The lowest BCUT2D eigenvalue weighted by Gasteiger charge is -2.28. The first-order valence-corrected chi connectivity index (χ1v) is 11.8.